The van der Waals surface area contributed by atoms with Crippen LogP contribution in [0.5, 0.6) is 5.75 Å². The minimum atomic E-state index is -0.428. The molecule has 4 aliphatic rings. The number of carbonyl (C=O) groups excluding carboxylic acids is 2. The van der Waals surface area contributed by atoms with E-state index >= 15 is 0 Å². The van der Waals surface area contributed by atoms with Gasteiger partial charge in [-0.05, 0) is 62.3 Å². The number of nitrogens with zero attached hydrogens (tertiary/aromatic N) is 2. The summed E-state index contributed by atoms with van der Waals surface area (Å²) >= 11 is 0. The number of hydrogen-bond donors (Lipinski definition) is 1. The lowest BCUT2D eigenvalue weighted by atomic mass is 9.83. The molecule has 3 aliphatic heterocycles. The number of hydrogen-bond acceptors (Lipinski definition) is 4. The fraction of sp³-hybridized carbons (Fsp3) is 0.636. The van der Waals surface area contributed by atoms with Gasteiger partial charge in [0.2, 0.25) is 11.8 Å². The summed E-state index contributed by atoms with van der Waals surface area (Å²) in [5.41, 5.74) is 5.74. The quantitative estimate of drug-likeness (QED) is 0.697. The van der Waals surface area contributed by atoms with E-state index in [1.807, 2.05) is 0 Å². The van der Waals surface area contributed by atoms with Gasteiger partial charge in [0.1, 0.15) is 5.75 Å². The number of ether oxygens (including phenoxy) is 1. The average Bonchev–Trinajstić information content (AvgIpc) is 2.93. The van der Waals surface area contributed by atoms with Gasteiger partial charge in [-0.2, -0.15) is 0 Å². The molecule has 2 N–H and O–H groups in total. The van der Waals surface area contributed by atoms with Crippen molar-refractivity contribution in [2.24, 2.45) is 17.6 Å². The maximum Gasteiger partial charge on any atom is 0.248 e. The first kappa shape index (κ1) is 19.2. The van der Waals surface area contributed by atoms with Gasteiger partial charge in [0.15, 0.2) is 0 Å². The number of carbonyl (C=O) groups is 2. The van der Waals surface area contributed by atoms with Crippen LogP contribution in [0.4, 0.5) is 0 Å². The molecule has 3 heterocycles. The first-order valence-corrected chi connectivity index (χ1v) is 10.7. The summed E-state index contributed by atoms with van der Waals surface area (Å²) in [6, 6.07) is 7.33. The van der Waals surface area contributed by atoms with Gasteiger partial charge >= 0.3 is 0 Å². The zero-order chi connectivity index (χ0) is 19.5. The van der Waals surface area contributed by atoms with Crippen molar-refractivity contribution >= 4 is 11.8 Å². The number of primary amides is 1. The van der Waals surface area contributed by atoms with Crippen LogP contribution in [0, 0.1) is 11.8 Å². The molecule has 6 nitrogen and oxygen atoms in total. The Balaban J connectivity index is 1.24. The minimum absolute atomic E-state index is 0.182. The molecular formula is C22H31N3O3. The van der Waals surface area contributed by atoms with Gasteiger partial charge in [0.25, 0.3) is 0 Å². The Morgan fingerprint density at radius 2 is 1.89 bits per heavy atom. The van der Waals surface area contributed by atoms with Crippen LogP contribution in [-0.2, 0) is 4.79 Å². The van der Waals surface area contributed by atoms with E-state index in [0.29, 0.717) is 24.1 Å². The molecule has 0 spiro atoms. The topological polar surface area (TPSA) is 75.9 Å². The molecule has 1 aromatic carbocycles. The Bertz CT molecular complexity index is 701. The molecule has 4 fully saturated rings. The van der Waals surface area contributed by atoms with E-state index in [1.54, 1.807) is 24.3 Å². The van der Waals surface area contributed by atoms with Crippen molar-refractivity contribution in [3.8, 4) is 5.75 Å². The van der Waals surface area contributed by atoms with Crippen LogP contribution in [0.2, 0.25) is 0 Å². The summed E-state index contributed by atoms with van der Waals surface area (Å²) < 4.78 is 5.79. The molecule has 3 saturated heterocycles. The lowest BCUT2D eigenvalue weighted by Gasteiger charge is -2.40. The van der Waals surface area contributed by atoms with E-state index in [-0.39, 0.29) is 5.92 Å². The van der Waals surface area contributed by atoms with Gasteiger partial charge in [0, 0.05) is 37.8 Å². The smallest absolute Gasteiger partial charge is 0.248 e. The highest BCUT2D eigenvalue weighted by atomic mass is 16.5. The van der Waals surface area contributed by atoms with Gasteiger partial charge in [-0.15, -0.1) is 0 Å². The zero-order valence-electron chi connectivity index (χ0n) is 16.5. The van der Waals surface area contributed by atoms with Crippen molar-refractivity contribution in [2.45, 2.75) is 44.6 Å². The highest BCUT2D eigenvalue weighted by Crippen LogP contribution is 2.34. The van der Waals surface area contributed by atoms with E-state index in [0.717, 1.165) is 57.1 Å². The van der Waals surface area contributed by atoms with E-state index < -0.39 is 5.91 Å². The van der Waals surface area contributed by atoms with Gasteiger partial charge in [-0.3, -0.25) is 9.59 Å². The number of rotatable bonds is 8. The van der Waals surface area contributed by atoms with Crippen molar-refractivity contribution in [1.29, 1.82) is 0 Å². The van der Waals surface area contributed by atoms with Gasteiger partial charge in [0.05, 0.1) is 12.5 Å². The van der Waals surface area contributed by atoms with Gasteiger partial charge < -0.3 is 20.3 Å². The molecule has 1 aliphatic carbocycles. The lowest BCUT2D eigenvalue weighted by molar-refractivity contribution is -0.141. The third-order valence-corrected chi connectivity index (χ3v) is 6.57. The monoisotopic (exact) mass is 385 g/mol. The predicted octanol–water partition coefficient (Wildman–Crippen LogP) is 2.28. The van der Waals surface area contributed by atoms with Crippen molar-refractivity contribution in [3.05, 3.63) is 29.8 Å². The van der Waals surface area contributed by atoms with Crippen LogP contribution >= 0.6 is 0 Å². The van der Waals surface area contributed by atoms with Crippen LogP contribution in [0.3, 0.4) is 0 Å². The number of amides is 2. The number of piperidine rings is 1. The lowest BCUT2D eigenvalue weighted by Crippen LogP contribution is -2.50. The van der Waals surface area contributed by atoms with E-state index in [1.165, 1.54) is 19.3 Å². The summed E-state index contributed by atoms with van der Waals surface area (Å²) in [5.74, 6) is 1.65. The second kappa shape index (κ2) is 8.52. The van der Waals surface area contributed by atoms with Crippen LogP contribution in [0.15, 0.2) is 24.3 Å². The maximum atomic E-state index is 12.9. The normalized spacial score (nSPS) is 25.4. The van der Waals surface area contributed by atoms with Gasteiger partial charge in [-0.25, -0.2) is 0 Å². The summed E-state index contributed by atoms with van der Waals surface area (Å²) in [7, 11) is 0. The Morgan fingerprint density at radius 3 is 2.57 bits per heavy atom. The average molecular weight is 386 g/mol. The highest BCUT2D eigenvalue weighted by molar-refractivity contribution is 5.92. The zero-order valence-corrected chi connectivity index (χ0v) is 16.5. The highest BCUT2D eigenvalue weighted by Gasteiger charge is 2.41. The fourth-order valence-electron chi connectivity index (χ4n) is 4.70. The SMILES string of the molecule is NC(=O)c1ccc(OCCCN2C[C@@H]3CC[C@H](C2)N(CC2CCC2)C3=O)cc1. The first-order chi connectivity index (χ1) is 13.6. The summed E-state index contributed by atoms with van der Waals surface area (Å²) in [6.45, 7) is 4.46. The predicted molar refractivity (Wildman–Crippen MR) is 107 cm³/mol. The van der Waals surface area contributed by atoms with Crippen LogP contribution < -0.4 is 10.5 Å². The second-order valence-electron chi connectivity index (χ2n) is 8.57. The van der Waals surface area contributed by atoms with Crippen LogP contribution in [0.1, 0.15) is 48.9 Å². The van der Waals surface area contributed by atoms with Crippen molar-refractivity contribution in [1.82, 2.24) is 9.80 Å². The molecule has 0 unspecified atom stereocenters. The minimum Gasteiger partial charge on any atom is -0.494 e. The number of nitrogens with two attached hydrogens (primary N) is 1. The summed E-state index contributed by atoms with van der Waals surface area (Å²) in [5, 5.41) is 0. The van der Waals surface area contributed by atoms with E-state index in [4.69, 9.17) is 10.5 Å². The Labute approximate surface area is 167 Å². The number of fused-ring (bicyclic) bond motifs is 4. The molecule has 0 aromatic heterocycles. The molecule has 6 heteroatoms. The largest absolute Gasteiger partial charge is 0.494 e. The van der Waals surface area contributed by atoms with Crippen molar-refractivity contribution < 1.29 is 14.3 Å². The molecule has 28 heavy (non-hydrogen) atoms. The molecule has 2 atom stereocenters. The molecule has 2 amide bonds. The molecular weight excluding hydrogens is 354 g/mol. The molecule has 1 aromatic rings. The Morgan fingerprint density at radius 1 is 1.11 bits per heavy atom. The fourth-order valence-corrected chi connectivity index (χ4v) is 4.70. The maximum absolute atomic E-state index is 12.9. The van der Waals surface area contributed by atoms with E-state index in [2.05, 4.69) is 9.80 Å². The second-order valence-corrected chi connectivity index (χ2v) is 8.57. The third kappa shape index (κ3) is 4.32. The van der Waals surface area contributed by atoms with E-state index in [9.17, 15) is 9.59 Å². The first-order valence-electron chi connectivity index (χ1n) is 10.7. The molecule has 1 saturated carbocycles. The third-order valence-electron chi connectivity index (χ3n) is 6.57. The molecule has 0 radical (unpaired) electrons. The molecule has 152 valence electrons. The van der Waals surface area contributed by atoms with Crippen LogP contribution in [-0.4, -0.2) is 60.4 Å². The summed E-state index contributed by atoms with van der Waals surface area (Å²) in [6.07, 6.45) is 7.05. The van der Waals surface area contributed by atoms with Crippen molar-refractivity contribution in [3.63, 3.8) is 0 Å². The Kier molecular flexibility index (Phi) is 5.85. The number of benzene rings is 1. The van der Waals surface area contributed by atoms with Crippen LogP contribution in [0.25, 0.3) is 0 Å². The molecule has 5 rings (SSSR count). The van der Waals surface area contributed by atoms with Crippen molar-refractivity contribution in [2.75, 3.05) is 32.8 Å². The Hall–Kier alpha value is -2.08. The summed E-state index contributed by atoms with van der Waals surface area (Å²) in [4.78, 5) is 28.6. The molecule has 2 bridgehead atoms. The van der Waals surface area contributed by atoms with Gasteiger partial charge in [-0.1, -0.05) is 6.42 Å². The standard InChI is InChI=1S/C22H31N3O3/c23-21(26)17-6-9-20(10-7-17)28-12-2-11-24-14-18-5-8-19(15-24)25(22(18)27)13-16-3-1-4-16/h6-7,9-10,16,18-19H,1-5,8,11-15H2,(H2,23,26)/t18-,19+/m0/s1.